The fourth-order valence-electron chi connectivity index (χ4n) is 3.03. The molecule has 196 valence electrons. The first-order chi connectivity index (χ1) is 17.7. The van der Waals surface area contributed by atoms with Crippen molar-refractivity contribution >= 4 is 40.1 Å². The molecule has 0 unspecified atom stereocenters. The van der Waals surface area contributed by atoms with Crippen LogP contribution >= 0.6 is 11.3 Å². The number of thiophene rings is 1. The van der Waals surface area contributed by atoms with E-state index in [1.165, 1.54) is 38.6 Å². The van der Waals surface area contributed by atoms with Gasteiger partial charge in [-0.2, -0.15) is 0 Å². The third kappa shape index (κ3) is 6.22. The lowest BCUT2D eigenvalue weighted by Gasteiger charge is -2.14. The summed E-state index contributed by atoms with van der Waals surface area (Å²) in [6.07, 6.45) is 1.25. The maximum Gasteiger partial charge on any atom is 0.349 e. The van der Waals surface area contributed by atoms with Crippen molar-refractivity contribution < 1.29 is 46.8 Å². The fourth-order valence-corrected chi connectivity index (χ4v) is 3.99. The molecule has 0 aliphatic carbocycles. The number of benzene rings is 1. The molecule has 0 radical (unpaired) electrons. The van der Waals surface area contributed by atoms with Gasteiger partial charge in [0.15, 0.2) is 23.1 Å². The highest BCUT2D eigenvalue weighted by Crippen LogP contribution is 2.32. The van der Waals surface area contributed by atoms with Gasteiger partial charge in [-0.25, -0.2) is 28.1 Å². The molecule has 2 N–H and O–H groups in total. The number of ether oxygens (including phenoxy) is 5. The number of rotatable bonds is 9. The number of nitrogens with zero attached hydrogens (tertiary/aromatic N) is 1. The van der Waals surface area contributed by atoms with E-state index in [-0.39, 0.29) is 44.1 Å². The van der Waals surface area contributed by atoms with Gasteiger partial charge >= 0.3 is 18.0 Å². The molecule has 1 aromatic carbocycles. The molecule has 3 aromatic rings. The molecule has 37 heavy (non-hydrogen) atoms. The Hall–Kier alpha value is -4.46. The minimum atomic E-state index is -1.13. The standard InChI is InChI=1S/C23H21F2N3O8S/c1-32-14-6-5-13(24)19(25)12(14)10-36-15-8-17(26-9-16(15)33-2)27-23(31)28-18-7-11(21(29)34-3)20(37-18)22(30)35-4/h5-9H,10H2,1-4H3,(H2,26,27,28,31). The largest absolute Gasteiger partial charge is 0.496 e. The molecular formula is C23H21F2N3O8S. The van der Waals surface area contributed by atoms with Crippen LogP contribution in [-0.4, -0.2) is 51.4 Å². The zero-order valence-electron chi connectivity index (χ0n) is 20.0. The van der Waals surface area contributed by atoms with E-state index in [0.717, 1.165) is 31.6 Å². The first-order valence-electron chi connectivity index (χ1n) is 10.3. The lowest BCUT2D eigenvalue weighted by Crippen LogP contribution is -2.19. The number of hydrogen-bond donors (Lipinski definition) is 2. The van der Waals surface area contributed by atoms with Crippen LogP contribution in [0.3, 0.4) is 0 Å². The summed E-state index contributed by atoms with van der Waals surface area (Å²) in [4.78, 5) is 40.4. The Morgan fingerprint density at radius 3 is 2.27 bits per heavy atom. The molecule has 0 fully saturated rings. The fraction of sp³-hybridized carbons (Fsp3) is 0.217. The third-order valence-corrected chi connectivity index (χ3v) is 5.81. The van der Waals surface area contributed by atoms with E-state index in [4.69, 9.17) is 14.2 Å². The highest BCUT2D eigenvalue weighted by atomic mass is 32.1. The summed E-state index contributed by atoms with van der Waals surface area (Å²) in [5.41, 5.74) is -0.234. The van der Waals surface area contributed by atoms with Gasteiger partial charge in [-0.15, -0.1) is 11.3 Å². The molecule has 2 amide bonds. The van der Waals surface area contributed by atoms with Gasteiger partial charge in [-0.1, -0.05) is 0 Å². The second-order valence-corrected chi connectivity index (χ2v) is 8.02. The topological polar surface area (TPSA) is 134 Å². The summed E-state index contributed by atoms with van der Waals surface area (Å²) >= 11 is 0.805. The molecule has 2 aromatic heterocycles. The quantitative estimate of drug-likeness (QED) is 0.385. The monoisotopic (exact) mass is 537 g/mol. The molecule has 0 aliphatic rings. The Bertz CT molecular complexity index is 1300. The van der Waals surface area contributed by atoms with Gasteiger partial charge in [0, 0.05) is 6.07 Å². The maximum absolute atomic E-state index is 14.3. The van der Waals surface area contributed by atoms with Crippen molar-refractivity contribution in [1.82, 2.24) is 4.98 Å². The van der Waals surface area contributed by atoms with Crippen molar-refractivity contribution in [3.8, 4) is 17.2 Å². The highest BCUT2D eigenvalue weighted by molar-refractivity contribution is 7.18. The van der Waals surface area contributed by atoms with Gasteiger partial charge in [0.25, 0.3) is 0 Å². The maximum atomic E-state index is 14.3. The number of aromatic nitrogens is 1. The first kappa shape index (κ1) is 27.1. The molecule has 0 spiro atoms. The van der Waals surface area contributed by atoms with Gasteiger partial charge in [0.05, 0.1) is 50.8 Å². The van der Waals surface area contributed by atoms with Crippen LogP contribution in [0.2, 0.25) is 0 Å². The average molecular weight is 537 g/mol. The molecule has 2 heterocycles. The zero-order valence-corrected chi connectivity index (χ0v) is 20.8. The number of carbonyl (C=O) groups is 3. The van der Waals surface area contributed by atoms with Gasteiger partial charge in [0.2, 0.25) is 0 Å². The normalized spacial score (nSPS) is 10.3. The molecule has 0 saturated heterocycles. The number of urea groups is 1. The van der Waals surface area contributed by atoms with Crippen LogP contribution < -0.4 is 24.8 Å². The van der Waals surface area contributed by atoms with Crippen molar-refractivity contribution in [3.05, 3.63) is 58.1 Å². The van der Waals surface area contributed by atoms with Gasteiger partial charge in [0.1, 0.15) is 23.1 Å². The lowest BCUT2D eigenvalue weighted by molar-refractivity contribution is 0.0560. The van der Waals surface area contributed by atoms with Gasteiger partial charge < -0.3 is 23.7 Å². The number of halogens is 2. The number of anilines is 2. The molecule has 0 atom stereocenters. The number of nitrogens with one attached hydrogen (secondary N) is 2. The Morgan fingerprint density at radius 1 is 0.919 bits per heavy atom. The first-order valence-corrected chi connectivity index (χ1v) is 11.1. The molecule has 0 saturated carbocycles. The molecule has 0 aliphatic heterocycles. The Labute approximate surface area is 213 Å². The molecular weight excluding hydrogens is 516 g/mol. The summed E-state index contributed by atoms with van der Waals surface area (Å²) in [6.45, 7) is -0.416. The summed E-state index contributed by atoms with van der Waals surface area (Å²) < 4.78 is 53.1. The van der Waals surface area contributed by atoms with Crippen LogP contribution in [0.25, 0.3) is 0 Å². The third-order valence-electron chi connectivity index (χ3n) is 4.78. The van der Waals surface area contributed by atoms with E-state index in [1.54, 1.807) is 0 Å². The Kier molecular flexibility index (Phi) is 8.79. The van der Waals surface area contributed by atoms with Gasteiger partial charge in [-0.05, 0) is 18.2 Å². The van der Waals surface area contributed by atoms with Crippen LogP contribution in [-0.2, 0) is 16.1 Å². The van der Waals surface area contributed by atoms with E-state index < -0.39 is 36.2 Å². The van der Waals surface area contributed by atoms with Crippen LogP contribution in [0.5, 0.6) is 17.2 Å². The van der Waals surface area contributed by atoms with Crippen LogP contribution in [0.4, 0.5) is 24.4 Å². The highest BCUT2D eigenvalue weighted by Gasteiger charge is 2.24. The number of carbonyl (C=O) groups excluding carboxylic acids is 3. The summed E-state index contributed by atoms with van der Waals surface area (Å²) in [5, 5.41) is 5.08. The van der Waals surface area contributed by atoms with Crippen molar-refractivity contribution in [3.63, 3.8) is 0 Å². The average Bonchev–Trinajstić information content (AvgIpc) is 3.32. The van der Waals surface area contributed by atoms with E-state index in [1.807, 2.05) is 0 Å². The lowest BCUT2D eigenvalue weighted by atomic mass is 10.2. The number of amides is 2. The van der Waals surface area contributed by atoms with Crippen molar-refractivity contribution in [1.29, 1.82) is 0 Å². The minimum absolute atomic E-state index is 0.0120. The number of methoxy groups -OCH3 is 4. The number of hydrogen-bond acceptors (Lipinski definition) is 10. The number of esters is 2. The SMILES string of the molecule is COC(=O)c1cc(NC(=O)Nc2cc(OCc3c(OC)ccc(F)c3F)c(OC)cn2)sc1C(=O)OC. The van der Waals surface area contributed by atoms with Crippen LogP contribution in [0, 0.1) is 11.6 Å². The number of pyridine rings is 1. The van der Waals surface area contributed by atoms with Crippen LogP contribution in [0.15, 0.2) is 30.5 Å². The molecule has 11 nitrogen and oxygen atoms in total. The predicted molar refractivity (Wildman–Crippen MR) is 128 cm³/mol. The van der Waals surface area contributed by atoms with Crippen LogP contribution in [0.1, 0.15) is 25.6 Å². The summed E-state index contributed by atoms with van der Waals surface area (Å²) in [5.74, 6) is -3.44. The van der Waals surface area contributed by atoms with Crippen molar-refractivity contribution in [2.45, 2.75) is 6.61 Å². The second kappa shape index (κ2) is 12.0. The van der Waals surface area contributed by atoms with E-state index in [0.29, 0.717) is 0 Å². The zero-order chi connectivity index (χ0) is 27.1. The minimum Gasteiger partial charge on any atom is -0.496 e. The van der Waals surface area contributed by atoms with E-state index in [2.05, 4.69) is 25.1 Å². The molecule has 0 bridgehead atoms. The van der Waals surface area contributed by atoms with Crippen molar-refractivity contribution in [2.24, 2.45) is 0 Å². The summed E-state index contributed by atoms with van der Waals surface area (Å²) in [6, 6.07) is 3.99. The van der Waals surface area contributed by atoms with Gasteiger partial charge in [-0.3, -0.25) is 10.6 Å². The van der Waals surface area contributed by atoms with E-state index in [9.17, 15) is 23.2 Å². The van der Waals surface area contributed by atoms with Crippen molar-refractivity contribution in [2.75, 3.05) is 39.1 Å². The molecule has 3 rings (SSSR count). The second-order valence-electron chi connectivity index (χ2n) is 6.97. The summed E-state index contributed by atoms with van der Waals surface area (Å²) in [7, 11) is 4.95. The smallest absolute Gasteiger partial charge is 0.349 e. The predicted octanol–water partition coefficient (Wildman–Crippen LogP) is 4.23. The molecule has 14 heteroatoms. The Morgan fingerprint density at radius 2 is 1.62 bits per heavy atom. The van der Waals surface area contributed by atoms with E-state index >= 15 is 0 Å². The Balaban J connectivity index is 1.77.